The SMILES string of the molecule is CC(=O)C(C)(c1cccnc1)c1cccnc1.CC(=O)c1cccnc1.CC(C)(C(=O)c1cccnc1)c1cccnc1.CC(O)(c1cccnc1)C(C)(O)c1cccnc1. The minimum atomic E-state index is -1.45. The van der Waals surface area contributed by atoms with Crippen molar-refractivity contribution in [3.8, 4) is 0 Å². The van der Waals surface area contributed by atoms with Crippen LogP contribution in [-0.4, -0.2) is 62.5 Å². The number of pyridine rings is 7. The molecule has 0 spiro atoms. The lowest BCUT2D eigenvalue weighted by Gasteiger charge is -2.38. The molecule has 12 nitrogen and oxygen atoms in total. The maximum Gasteiger partial charge on any atom is 0.174 e. The first kappa shape index (κ1) is 46.7. The molecular weight excluding hydrogens is 767 g/mol. The number of hydrogen-bond donors (Lipinski definition) is 2. The summed E-state index contributed by atoms with van der Waals surface area (Å²) in [7, 11) is 0. The second-order valence-corrected chi connectivity index (χ2v) is 15.0. The smallest absolute Gasteiger partial charge is 0.174 e. The Bertz CT molecular complexity index is 2320. The number of aromatic nitrogens is 7. The Labute approximate surface area is 357 Å². The molecule has 7 aromatic rings. The van der Waals surface area contributed by atoms with E-state index in [0.29, 0.717) is 22.3 Å². The topological polar surface area (TPSA) is 182 Å². The van der Waals surface area contributed by atoms with Gasteiger partial charge < -0.3 is 10.2 Å². The number of aliphatic hydroxyl groups is 2. The van der Waals surface area contributed by atoms with Gasteiger partial charge in [0.05, 0.1) is 10.8 Å². The normalized spacial score (nSPS) is 12.8. The second-order valence-electron chi connectivity index (χ2n) is 15.0. The van der Waals surface area contributed by atoms with Gasteiger partial charge in [0.15, 0.2) is 11.6 Å². The summed E-state index contributed by atoms with van der Waals surface area (Å²) in [5.74, 6) is 0.195. The molecule has 0 fully saturated rings. The van der Waals surface area contributed by atoms with Crippen LogP contribution >= 0.6 is 0 Å². The highest BCUT2D eigenvalue weighted by Crippen LogP contribution is 2.39. The molecular formula is C49H51N7O5. The first-order valence-electron chi connectivity index (χ1n) is 19.4. The van der Waals surface area contributed by atoms with Crippen LogP contribution in [0.1, 0.15) is 97.0 Å². The third-order valence-corrected chi connectivity index (χ3v) is 10.5. The second kappa shape index (κ2) is 21.3. The van der Waals surface area contributed by atoms with Crippen LogP contribution < -0.4 is 0 Å². The molecule has 7 heterocycles. The van der Waals surface area contributed by atoms with E-state index in [1.54, 1.807) is 156 Å². The number of rotatable bonds is 10. The van der Waals surface area contributed by atoms with E-state index in [9.17, 15) is 24.6 Å². The zero-order valence-electron chi connectivity index (χ0n) is 35.4. The lowest BCUT2D eigenvalue weighted by atomic mass is 9.74. The molecule has 2 atom stereocenters. The van der Waals surface area contributed by atoms with Gasteiger partial charge in [-0.1, -0.05) is 30.3 Å². The summed E-state index contributed by atoms with van der Waals surface area (Å²) in [6, 6.07) is 25.2. The van der Waals surface area contributed by atoms with E-state index >= 15 is 0 Å². The van der Waals surface area contributed by atoms with Crippen molar-refractivity contribution in [2.75, 3.05) is 0 Å². The Balaban J connectivity index is 0.000000183. The van der Waals surface area contributed by atoms with Gasteiger partial charge in [-0.05, 0) is 120 Å². The van der Waals surface area contributed by atoms with Crippen LogP contribution in [0.15, 0.2) is 172 Å². The molecule has 0 aliphatic heterocycles. The number of Topliss-reactive ketones (excluding diaryl/α,β-unsaturated/α-hetero) is 3. The van der Waals surface area contributed by atoms with E-state index in [-0.39, 0.29) is 17.3 Å². The average Bonchev–Trinajstić information content (AvgIpc) is 3.31. The lowest BCUT2D eigenvalue weighted by Crippen LogP contribution is -2.45. The summed E-state index contributed by atoms with van der Waals surface area (Å²) in [4.78, 5) is 63.0. The van der Waals surface area contributed by atoms with Crippen LogP contribution in [-0.2, 0) is 26.8 Å². The molecule has 312 valence electrons. The summed E-state index contributed by atoms with van der Waals surface area (Å²) in [6.45, 7) is 12.0. The average molecular weight is 818 g/mol. The molecule has 0 amide bonds. The fraction of sp³-hybridized carbons (Fsp3) is 0.224. The van der Waals surface area contributed by atoms with E-state index in [0.717, 1.165) is 16.7 Å². The van der Waals surface area contributed by atoms with E-state index < -0.39 is 22.0 Å². The first-order valence-corrected chi connectivity index (χ1v) is 19.4. The molecule has 7 aromatic heterocycles. The monoisotopic (exact) mass is 817 g/mol. The maximum absolute atomic E-state index is 12.4. The van der Waals surface area contributed by atoms with Gasteiger partial charge in [-0.2, -0.15) is 0 Å². The highest BCUT2D eigenvalue weighted by molar-refractivity contribution is 6.03. The lowest BCUT2D eigenvalue weighted by molar-refractivity contribution is -0.143. The summed E-state index contributed by atoms with van der Waals surface area (Å²) in [5, 5.41) is 21.3. The van der Waals surface area contributed by atoms with E-state index in [2.05, 4.69) is 34.9 Å². The maximum atomic E-state index is 12.4. The highest BCUT2D eigenvalue weighted by Gasteiger charge is 2.45. The number of carbonyl (C=O) groups is 3. The van der Waals surface area contributed by atoms with Crippen LogP contribution in [0, 0.1) is 0 Å². The Morgan fingerprint density at radius 2 is 0.705 bits per heavy atom. The van der Waals surface area contributed by atoms with Crippen LogP contribution in [0.25, 0.3) is 0 Å². The Kier molecular flexibility index (Phi) is 16.3. The molecule has 61 heavy (non-hydrogen) atoms. The highest BCUT2D eigenvalue weighted by atomic mass is 16.4. The van der Waals surface area contributed by atoms with Crippen molar-refractivity contribution in [2.45, 2.75) is 70.5 Å². The van der Waals surface area contributed by atoms with Crippen molar-refractivity contribution in [1.29, 1.82) is 0 Å². The third kappa shape index (κ3) is 11.8. The van der Waals surface area contributed by atoms with Gasteiger partial charge >= 0.3 is 0 Å². The molecule has 0 radical (unpaired) electrons. The molecule has 7 rings (SSSR count). The van der Waals surface area contributed by atoms with Gasteiger partial charge in [0, 0.05) is 109 Å². The summed E-state index contributed by atoms with van der Waals surface area (Å²) in [6.07, 6.45) is 23.1. The van der Waals surface area contributed by atoms with Crippen molar-refractivity contribution in [3.05, 3.63) is 211 Å². The summed E-state index contributed by atoms with van der Waals surface area (Å²) >= 11 is 0. The zero-order chi connectivity index (χ0) is 44.5. The minimum absolute atomic E-state index is 0.0543. The molecule has 0 saturated heterocycles. The largest absolute Gasteiger partial charge is 0.382 e. The van der Waals surface area contributed by atoms with Gasteiger partial charge in [-0.3, -0.25) is 49.3 Å². The first-order chi connectivity index (χ1) is 29.0. The van der Waals surface area contributed by atoms with Crippen molar-refractivity contribution >= 4 is 17.3 Å². The summed E-state index contributed by atoms with van der Waals surface area (Å²) < 4.78 is 0. The number of hydrogen-bond acceptors (Lipinski definition) is 12. The molecule has 2 N–H and O–H groups in total. The molecule has 0 aromatic carbocycles. The predicted molar refractivity (Wildman–Crippen MR) is 233 cm³/mol. The van der Waals surface area contributed by atoms with E-state index in [1.807, 2.05) is 57.2 Å². The van der Waals surface area contributed by atoms with Gasteiger partial charge in [0.1, 0.15) is 17.0 Å². The molecule has 12 heteroatoms. The quantitative estimate of drug-likeness (QED) is 0.128. The number of nitrogens with zero attached hydrogens (tertiary/aromatic N) is 7. The Morgan fingerprint density at radius 3 is 0.967 bits per heavy atom. The molecule has 2 unspecified atom stereocenters. The van der Waals surface area contributed by atoms with E-state index in [1.165, 1.54) is 6.92 Å². The van der Waals surface area contributed by atoms with Crippen LogP contribution in [0.5, 0.6) is 0 Å². The van der Waals surface area contributed by atoms with Gasteiger partial charge in [-0.25, -0.2) is 0 Å². The fourth-order valence-corrected chi connectivity index (χ4v) is 6.05. The summed E-state index contributed by atoms with van der Waals surface area (Å²) in [5.41, 5.74) is 0.917. The van der Waals surface area contributed by atoms with E-state index in [4.69, 9.17) is 0 Å². The predicted octanol–water partition coefficient (Wildman–Crippen LogP) is 7.88. The van der Waals surface area contributed by atoms with Gasteiger partial charge in [-0.15, -0.1) is 0 Å². The van der Waals surface area contributed by atoms with Crippen molar-refractivity contribution in [2.24, 2.45) is 0 Å². The molecule has 0 saturated carbocycles. The van der Waals surface area contributed by atoms with Crippen LogP contribution in [0.3, 0.4) is 0 Å². The number of ketones is 3. The Hall–Kier alpha value is -7.02. The molecule has 0 aliphatic carbocycles. The van der Waals surface area contributed by atoms with Gasteiger partial charge in [0.25, 0.3) is 0 Å². The molecule has 0 bridgehead atoms. The zero-order valence-corrected chi connectivity index (χ0v) is 35.4. The molecule has 0 aliphatic rings. The van der Waals surface area contributed by atoms with Crippen molar-refractivity contribution in [3.63, 3.8) is 0 Å². The fourth-order valence-electron chi connectivity index (χ4n) is 6.05. The standard InChI is InChI=1S/C14H16N2O2.2C14H14N2O.C7H7NO/c1-13(17,11-5-3-7-15-9-11)14(2,18)12-6-4-8-16-10-12;1-14(2,12-6-4-8-16-10-12)13(17)11-5-3-7-15-9-11;1-11(17)14(2,12-5-3-7-15-9-12)13-6-4-8-16-10-13;1-6(9)7-3-2-4-8-5-7/h3-10,17-18H,1-2H3;2*3-10H,1-2H3;2-5H,1H3. The third-order valence-electron chi connectivity index (χ3n) is 10.5. The minimum Gasteiger partial charge on any atom is -0.382 e. The van der Waals surface area contributed by atoms with Gasteiger partial charge in [0.2, 0.25) is 0 Å². The van der Waals surface area contributed by atoms with Crippen molar-refractivity contribution < 1.29 is 24.6 Å². The number of carbonyl (C=O) groups excluding carboxylic acids is 3. The Morgan fingerprint density at radius 1 is 0.410 bits per heavy atom. The van der Waals surface area contributed by atoms with Crippen LogP contribution in [0.2, 0.25) is 0 Å². The van der Waals surface area contributed by atoms with Crippen molar-refractivity contribution in [1.82, 2.24) is 34.9 Å². The van der Waals surface area contributed by atoms with Crippen LogP contribution in [0.4, 0.5) is 0 Å².